The zero-order chi connectivity index (χ0) is 29.9. The number of likely N-dealkylation sites (tertiary alicyclic amines) is 1. The predicted octanol–water partition coefficient (Wildman–Crippen LogP) is 5.44. The molecule has 4 atom stereocenters. The number of halogens is 4. The number of benzene rings is 2. The van der Waals surface area contributed by atoms with Crippen molar-refractivity contribution >= 4 is 17.8 Å². The number of ether oxygens (including phenoxy) is 1. The van der Waals surface area contributed by atoms with Crippen molar-refractivity contribution < 1.29 is 36.7 Å². The first-order chi connectivity index (χ1) is 19.2. The molecule has 2 aliphatic heterocycles. The number of hydrogen-bond acceptors (Lipinski definition) is 5. The molecule has 41 heavy (non-hydrogen) atoms. The lowest BCUT2D eigenvalue weighted by molar-refractivity contribution is -0.150. The third kappa shape index (κ3) is 4.83. The van der Waals surface area contributed by atoms with E-state index in [0.717, 1.165) is 38.2 Å². The standard InChI is InChI=1S/C31H34F4N2O4/c1-29(2,3)17-11-13-22(14-12-17)37-26(38)23-24(27(37)39)30(36-25(23)28(40)41-4,19-8-6-10-21(32)16-19)18-7-5-9-20(15-18)31(33,34)35/h5-10,15-17,22-25,36H,11-14H2,1-4H3/t17?,22?,23-,24+,25-,30+/m1/s1. The summed E-state index contributed by atoms with van der Waals surface area (Å²) in [7, 11) is 1.14. The molecule has 2 amide bonds. The number of amides is 2. The van der Waals surface area contributed by atoms with Gasteiger partial charge in [0.15, 0.2) is 0 Å². The summed E-state index contributed by atoms with van der Waals surface area (Å²) in [6.45, 7) is 6.47. The van der Waals surface area contributed by atoms with Gasteiger partial charge in [0.1, 0.15) is 11.9 Å². The van der Waals surface area contributed by atoms with Crippen LogP contribution in [0.25, 0.3) is 0 Å². The zero-order valence-corrected chi connectivity index (χ0v) is 23.4. The van der Waals surface area contributed by atoms with Gasteiger partial charge >= 0.3 is 12.1 Å². The second kappa shape index (κ2) is 10.2. The largest absolute Gasteiger partial charge is 0.468 e. The molecule has 10 heteroatoms. The molecule has 2 aromatic carbocycles. The number of rotatable bonds is 4. The van der Waals surface area contributed by atoms with Crippen LogP contribution in [0.2, 0.25) is 0 Å². The van der Waals surface area contributed by atoms with Crippen molar-refractivity contribution in [3.8, 4) is 0 Å². The molecule has 1 aliphatic carbocycles. The van der Waals surface area contributed by atoms with Crippen LogP contribution in [0.1, 0.15) is 63.1 Å². The van der Waals surface area contributed by atoms with Crippen molar-refractivity contribution in [3.63, 3.8) is 0 Å². The molecule has 0 radical (unpaired) electrons. The Hall–Kier alpha value is -3.27. The Labute approximate surface area is 236 Å². The molecule has 220 valence electrons. The molecule has 0 aromatic heterocycles. The minimum Gasteiger partial charge on any atom is -0.468 e. The minimum atomic E-state index is -4.70. The Bertz CT molecular complexity index is 1360. The number of hydrogen-bond donors (Lipinski definition) is 1. The van der Waals surface area contributed by atoms with Crippen molar-refractivity contribution in [3.05, 3.63) is 71.0 Å². The molecule has 2 aromatic rings. The first-order valence-electron chi connectivity index (χ1n) is 13.9. The van der Waals surface area contributed by atoms with Crippen molar-refractivity contribution in [2.45, 2.75) is 70.3 Å². The minimum absolute atomic E-state index is 0.00114. The average Bonchev–Trinajstić information content (AvgIpc) is 3.41. The van der Waals surface area contributed by atoms with E-state index in [1.54, 1.807) is 0 Å². The molecule has 3 fully saturated rings. The molecule has 2 heterocycles. The molecule has 6 nitrogen and oxygen atoms in total. The molecular formula is C31H34F4N2O4. The number of fused-ring (bicyclic) bond motifs is 1. The highest BCUT2D eigenvalue weighted by atomic mass is 19.4. The monoisotopic (exact) mass is 574 g/mol. The van der Waals surface area contributed by atoms with E-state index in [0.29, 0.717) is 18.8 Å². The number of nitrogens with zero attached hydrogens (tertiary/aromatic N) is 1. The SMILES string of the molecule is COC(=O)[C@@H]1N[C@](c2cccc(F)c2)(c2cccc(C(F)(F)F)c2)[C@@H]2C(=O)N(C3CCC(C(C)(C)C)CC3)C(=O)[C@H]21. The third-order valence-corrected chi connectivity index (χ3v) is 9.26. The Morgan fingerprint density at radius 3 is 2.12 bits per heavy atom. The Morgan fingerprint density at radius 2 is 1.56 bits per heavy atom. The number of alkyl halides is 3. The average molecular weight is 575 g/mol. The quantitative estimate of drug-likeness (QED) is 0.299. The maximum absolute atomic E-state index is 14.7. The highest BCUT2D eigenvalue weighted by Crippen LogP contribution is 2.53. The molecule has 1 N–H and O–H groups in total. The lowest BCUT2D eigenvalue weighted by Crippen LogP contribution is -2.53. The fourth-order valence-electron chi connectivity index (χ4n) is 7.19. The summed E-state index contributed by atoms with van der Waals surface area (Å²) in [4.78, 5) is 42.7. The van der Waals surface area contributed by atoms with E-state index in [-0.39, 0.29) is 16.5 Å². The van der Waals surface area contributed by atoms with Gasteiger partial charge in [-0.2, -0.15) is 13.2 Å². The summed E-state index contributed by atoms with van der Waals surface area (Å²) in [5.74, 6) is -4.79. The van der Waals surface area contributed by atoms with Crippen molar-refractivity contribution in [1.82, 2.24) is 10.2 Å². The highest BCUT2D eigenvalue weighted by molar-refractivity contribution is 6.09. The smallest absolute Gasteiger partial charge is 0.416 e. The summed E-state index contributed by atoms with van der Waals surface area (Å²) in [6, 6.07) is 7.83. The number of imide groups is 1. The van der Waals surface area contributed by atoms with E-state index in [1.807, 2.05) is 0 Å². The Balaban J connectivity index is 1.66. The van der Waals surface area contributed by atoms with Crippen molar-refractivity contribution in [2.75, 3.05) is 7.11 Å². The molecule has 0 unspecified atom stereocenters. The van der Waals surface area contributed by atoms with Crippen LogP contribution < -0.4 is 5.32 Å². The maximum atomic E-state index is 14.7. The third-order valence-electron chi connectivity index (χ3n) is 9.26. The fraction of sp³-hybridized carbons (Fsp3) is 0.516. The van der Waals surface area contributed by atoms with Gasteiger partial charge in [-0.25, -0.2) is 4.39 Å². The summed E-state index contributed by atoms with van der Waals surface area (Å²) >= 11 is 0. The number of methoxy groups -OCH3 is 1. The summed E-state index contributed by atoms with van der Waals surface area (Å²) in [5, 5.41) is 3.03. The summed E-state index contributed by atoms with van der Waals surface area (Å²) in [5.41, 5.74) is -2.58. The van der Waals surface area contributed by atoms with E-state index in [9.17, 15) is 31.9 Å². The molecule has 0 bridgehead atoms. The number of nitrogens with one attached hydrogen (secondary N) is 1. The van der Waals surface area contributed by atoms with E-state index in [4.69, 9.17) is 4.74 Å². The zero-order valence-electron chi connectivity index (χ0n) is 23.4. The number of carbonyl (C=O) groups excluding carboxylic acids is 3. The van der Waals surface area contributed by atoms with Crippen LogP contribution in [0.5, 0.6) is 0 Å². The van der Waals surface area contributed by atoms with Gasteiger partial charge in [-0.1, -0.05) is 45.0 Å². The van der Waals surface area contributed by atoms with Gasteiger partial charge in [-0.05, 0) is 72.4 Å². The molecular weight excluding hydrogens is 540 g/mol. The van der Waals surface area contributed by atoms with Gasteiger partial charge in [0.25, 0.3) is 0 Å². The second-order valence-corrected chi connectivity index (χ2v) is 12.5. The van der Waals surface area contributed by atoms with Crippen LogP contribution in [0.3, 0.4) is 0 Å². The van der Waals surface area contributed by atoms with Crippen LogP contribution in [0, 0.1) is 29.0 Å². The molecule has 3 aliphatic rings. The normalized spacial score (nSPS) is 30.4. The maximum Gasteiger partial charge on any atom is 0.416 e. The van der Waals surface area contributed by atoms with Gasteiger partial charge in [-0.3, -0.25) is 24.6 Å². The molecule has 0 spiro atoms. The summed E-state index contributed by atoms with van der Waals surface area (Å²) in [6.07, 6.45) is -1.91. The van der Waals surface area contributed by atoms with Crippen LogP contribution in [0.4, 0.5) is 17.6 Å². The van der Waals surface area contributed by atoms with E-state index < -0.39 is 64.8 Å². The molecule has 5 rings (SSSR count). The van der Waals surface area contributed by atoms with E-state index >= 15 is 0 Å². The second-order valence-electron chi connectivity index (χ2n) is 12.5. The van der Waals surface area contributed by atoms with Crippen LogP contribution in [-0.2, 0) is 30.8 Å². The topological polar surface area (TPSA) is 75.7 Å². The lowest BCUT2D eigenvalue weighted by Gasteiger charge is -2.41. The Morgan fingerprint density at radius 1 is 0.951 bits per heavy atom. The van der Waals surface area contributed by atoms with Crippen LogP contribution >= 0.6 is 0 Å². The van der Waals surface area contributed by atoms with Gasteiger partial charge in [0.05, 0.1) is 30.0 Å². The van der Waals surface area contributed by atoms with Gasteiger partial charge in [-0.15, -0.1) is 0 Å². The number of esters is 1. The number of carbonyl (C=O) groups is 3. The van der Waals surface area contributed by atoms with Crippen molar-refractivity contribution in [2.24, 2.45) is 23.2 Å². The Kier molecular flexibility index (Phi) is 7.29. The lowest BCUT2D eigenvalue weighted by atomic mass is 9.71. The van der Waals surface area contributed by atoms with Crippen LogP contribution in [0.15, 0.2) is 48.5 Å². The van der Waals surface area contributed by atoms with Gasteiger partial charge in [0, 0.05) is 6.04 Å². The molecule has 1 saturated carbocycles. The van der Waals surface area contributed by atoms with E-state index in [1.165, 1.54) is 35.2 Å². The van der Waals surface area contributed by atoms with E-state index in [2.05, 4.69) is 26.1 Å². The van der Waals surface area contributed by atoms with Gasteiger partial charge in [0.2, 0.25) is 11.8 Å². The highest BCUT2D eigenvalue weighted by Gasteiger charge is 2.69. The summed E-state index contributed by atoms with van der Waals surface area (Å²) < 4.78 is 61.2. The molecule has 2 saturated heterocycles. The van der Waals surface area contributed by atoms with Gasteiger partial charge < -0.3 is 4.74 Å². The first kappa shape index (κ1) is 29.2. The fourth-order valence-corrected chi connectivity index (χ4v) is 7.19. The first-order valence-corrected chi connectivity index (χ1v) is 13.9. The predicted molar refractivity (Wildman–Crippen MR) is 142 cm³/mol. The van der Waals surface area contributed by atoms with Crippen LogP contribution in [-0.4, -0.2) is 41.9 Å². The van der Waals surface area contributed by atoms with Crippen molar-refractivity contribution in [1.29, 1.82) is 0 Å².